The smallest absolute Gasteiger partial charge is 0.164 e. The average Bonchev–Trinajstić information content (AvgIpc) is 3.52. The fourth-order valence-corrected chi connectivity index (χ4v) is 6.42. The van der Waals surface area contributed by atoms with Crippen molar-refractivity contribution in [2.24, 2.45) is 0 Å². The maximum Gasteiger partial charge on any atom is 0.164 e. The van der Waals surface area contributed by atoms with Gasteiger partial charge in [0.1, 0.15) is 11.3 Å². The fourth-order valence-electron chi connectivity index (χ4n) is 6.42. The predicted molar refractivity (Wildman–Crippen MR) is 189 cm³/mol. The van der Waals surface area contributed by atoms with Crippen LogP contribution in [0.3, 0.4) is 0 Å². The molecule has 47 heavy (non-hydrogen) atoms. The second-order valence-corrected chi connectivity index (χ2v) is 11.7. The third-order valence-corrected chi connectivity index (χ3v) is 8.76. The zero-order valence-electron chi connectivity index (χ0n) is 25.4. The van der Waals surface area contributed by atoms with E-state index < -0.39 is 0 Å². The van der Waals surface area contributed by atoms with Crippen molar-refractivity contribution in [2.75, 3.05) is 0 Å². The second-order valence-electron chi connectivity index (χ2n) is 11.7. The standard InChI is InChI=1S/C42H28N4O/c1-3-10-27(11-4-1)31-16-9-17-34(22-31)42-45-40(29-12-5-2-6-13-29)44-41(46-42)30-20-18-28(19-21-30)36-25-43-26-38-39(36)35-23-32-14-7-8-15-33(32)24-37(35)47-38/h1-25,43H,26H2. The molecule has 8 aromatic rings. The molecule has 222 valence electrons. The normalized spacial score (nSPS) is 12.5. The first-order chi connectivity index (χ1) is 23.3. The molecule has 1 N–H and O–H groups in total. The van der Waals surface area contributed by atoms with Crippen LogP contribution in [0.5, 0.6) is 0 Å². The number of rotatable bonds is 5. The lowest BCUT2D eigenvalue weighted by atomic mass is 9.93. The van der Waals surface area contributed by atoms with Crippen molar-refractivity contribution in [3.8, 4) is 45.3 Å². The summed E-state index contributed by atoms with van der Waals surface area (Å²) in [4.78, 5) is 14.9. The molecule has 0 atom stereocenters. The molecule has 5 nitrogen and oxygen atoms in total. The summed E-state index contributed by atoms with van der Waals surface area (Å²) in [6.45, 7) is 0.656. The van der Waals surface area contributed by atoms with E-state index in [1.165, 1.54) is 10.8 Å². The fraction of sp³-hybridized carbons (Fsp3) is 0.0238. The molecule has 0 aliphatic carbocycles. The minimum Gasteiger partial charge on any atom is -0.458 e. The van der Waals surface area contributed by atoms with Gasteiger partial charge in [0.15, 0.2) is 17.5 Å². The van der Waals surface area contributed by atoms with Gasteiger partial charge in [-0.05, 0) is 45.7 Å². The maximum absolute atomic E-state index is 6.36. The third-order valence-electron chi connectivity index (χ3n) is 8.76. The highest BCUT2D eigenvalue weighted by Crippen LogP contribution is 2.39. The molecule has 0 saturated carbocycles. The summed E-state index contributed by atoms with van der Waals surface area (Å²) in [7, 11) is 0. The van der Waals surface area contributed by atoms with E-state index in [0.29, 0.717) is 24.0 Å². The lowest BCUT2D eigenvalue weighted by Gasteiger charge is -2.16. The van der Waals surface area contributed by atoms with Gasteiger partial charge in [-0.3, -0.25) is 0 Å². The van der Waals surface area contributed by atoms with E-state index in [4.69, 9.17) is 19.4 Å². The third kappa shape index (κ3) is 4.95. The van der Waals surface area contributed by atoms with Gasteiger partial charge in [0.25, 0.3) is 0 Å². The molecule has 1 aliphatic heterocycles. The number of nitrogens with one attached hydrogen (secondary N) is 1. The quantitative estimate of drug-likeness (QED) is 0.212. The van der Waals surface area contributed by atoms with Crippen molar-refractivity contribution in [1.29, 1.82) is 0 Å². The Labute approximate surface area is 271 Å². The second kappa shape index (κ2) is 11.2. The van der Waals surface area contributed by atoms with Crippen LogP contribution in [-0.2, 0) is 6.54 Å². The monoisotopic (exact) mass is 604 g/mol. The van der Waals surface area contributed by atoms with E-state index in [1.807, 2.05) is 36.4 Å². The van der Waals surface area contributed by atoms with E-state index >= 15 is 0 Å². The largest absolute Gasteiger partial charge is 0.458 e. The molecule has 0 saturated heterocycles. The van der Waals surface area contributed by atoms with Gasteiger partial charge < -0.3 is 9.73 Å². The Morgan fingerprint density at radius 1 is 0.468 bits per heavy atom. The highest BCUT2D eigenvalue weighted by Gasteiger charge is 2.23. The summed E-state index contributed by atoms with van der Waals surface area (Å²) in [6.07, 6.45) is 2.09. The van der Waals surface area contributed by atoms with Crippen LogP contribution in [0.15, 0.2) is 156 Å². The van der Waals surface area contributed by atoms with Crippen LogP contribution in [0.4, 0.5) is 0 Å². The Hall–Kier alpha value is -6.33. The maximum atomic E-state index is 6.36. The molecule has 5 heteroatoms. The summed E-state index contributed by atoms with van der Waals surface area (Å²) < 4.78 is 6.36. The highest BCUT2D eigenvalue weighted by molar-refractivity contribution is 6.04. The Morgan fingerprint density at radius 2 is 1.02 bits per heavy atom. The molecule has 0 unspecified atom stereocenters. The van der Waals surface area contributed by atoms with E-state index in [2.05, 4.69) is 121 Å². The average molecular weight is 605 g/mol. The summed E-state index contributed by atoms with van der Waals surface area (Å²) in [6, 6.07) is 50.1. The molecule has 9 rings (SSSR count). The van der Waals surface area contributed by atoms with E-state index in [9.17, 15) is 0 Å². The van der Waals surface area contributed by atoms with Crippen LogP contribution >= 0.6 is 0 Å². The molecule has 6 aromatic carbocycles. The van der Waals surface area contributed by atoms with Crippen LogP contribution in [0.25, 0.3) is 72.6 Å². The Bertz CT molecular complexity index is 2450. The topological polar surface area (TPSA) is 63.8 Å². The number of fused-ring (bicyclic) bond motifs is 4. The number of furan rings is 1. The Kier molecular flexibility index (Phi) is 6.46. The molecule has 0 bridgehead atoms. The summed E-state index contributed by atoms with van der Waals surface area (Å²) >= 11 is 0. The molecular weight excluding hydrogens is 576 g/mol. The van der Waals surface area contributed by atoms with Gasteiger partial charge in [0.05, 0.1) is 6.54 Å². The van der Waals surface area contributed by atoms with Crippen molar-refractivity contribution in [3.05, 3.63) is 169 Å². The Balaban J connectivity index is 1.12. The van der Waals surface area contributed by atoms with E-state index in [-0.39, 0.29) is 0 Å². The van der Waals surface area contributed by atoms with E-state index in [0.717, 1.165) is 61.2 Å². The lowest BCUT2D eigenvalue weighted by Crippen LogP contribution is -2.12. The van der Waals surface area contributed by atoms with Crippen LogP contribution in [0, 0.1) is 0 Å². The number of hydrogen-bond acceptors (Lipinski definition) is 5. The van der Waals surface area contributed by atoms with Gasteiger partial charge >= 0.3 is 0 Å². The molecule has 3 heterocycles. The van der Waals surface area contributed by atoms with Gasteiger partial charge in [0.2, 0.25) is 0 Å². The Morgan fingerprint density at radius 3 is 1.74 bits per heavy atom. The van der Waals surface area contributed by atoms with Crippen molar-refractivity contribution in [1.82, 2.24) is 20.3 Å². The zero-order valence-corrected chi connectivity index (χ0v) is 25.4. The first-order valence-electron chi connectivity index (χ1n) is 15.7. The van der Waals surface area contributed by atoms with E-state index in [1.54, 1.807) is 0 Å². The molecule has 1 aliphatic rings. The minimum absolute atomic E-state index is 0.627. The van der Waals surface area contributed by atoms with Gasteiger partial charge in [0, 0.05) is 39.4 Å². The molecule has 0 radical (unpaired) electrons. The highest BCUT2D eigenvalue weighted by atomic mass is 16.3. The van der Waals surface area contributed by atoms with Crippen molar-refractivity contribution >= 4 is 27.3 Å². The SMILES string of the molecule is C1=C(c2ccc(-c3nc(-c4ccccc4)nc(-c4cccc(-c5ccccc5)c4)n3)cc2)c2c(oc3cc4ccccc4cc23)CN1. The van der Waals surface area contributed by atoms with Crippen LogP contribution in [0.2, 0.25) is 0 Å². The van der Waals surface area contributed by atoms with Crippen molar-refractivity contribution < 1.29 is 4.42 Å². The van der Waals surface area contributed by atoms with Gasteiger partial charge in [-0.25, -0.2) is 15.0 Å². The predicted octanol–water partition coefficient (Wildman–Crippen LogP) is 9.93. The number of benzene rings is 6. The first kappa shape index (κ1) is 27.0. The van der Waals surface area contributed by atoms with Crippen LogP contribution < -0.4 is 5.32 Å². The number of hydrogen-bond donors (Lipinski definition) is 1. The number of nitrogens with zero attached hydrogens (tertiary/aromatic N) is 3. The van der Waals surface area contributed by atoms with Gasteiger partial charge in [-0.1, -0.05) is 127 Å². The molecule has 0 spiro atoms. The molecule has 0 fully saturated rings. The van der Waals surface area contributed by atoms with Crippen molar-refractivity contribution in [3.63, 3.8) is 0 Å². The summed E-state index contributed by atoms with van der Waals surface area (Å²) in [5.74, 6) is 2.85. The summed E-state index contributed by atoms with van der Waals surface area (Å²) in [5.41, 5.74) is 9.30. The van der Waals surface area contributed by atoms with Crippen LogP contribution in [-0.4, -0.2) is 15.0 Å². The summed E-state index contributed by atoms with van der Waals surface area (Å²) in [5, 5.41) is 6.92. The minimum atomic E-state index is 0.627. The number of aromatic nitrogens is 3. The van der Waals surface area contributed by atoms with Gasteiger partial charge in [-0.15, -0.1) is 0 Å². The van der Waals surface area contributed by atoms with Gasteiger partial charge in [-0.2, -0.15) is 0 Å². The first-order valence-corrected chi connectivity index (χ1v) is 15.7. The molecule has 2 aromatic heterocycles. The van der Waals surface area contributed by atoms with Crippen molar-refractivity contribution in [2.45, 2.75) is 6.54 Å². The molecule has 0 amide bonds. The zero-order chi connectivity index (χ0) is 31.2. The molecular formula is C42H28N4O. The lowest BCUT2D eigenvalue weighted by molar-refractivity contribution is 0.532. The van der Waals surface area contributed by atoms with Crippen LogP contribution in [0.1, 0.15) is 16.9 Å².